The van der Waals surface area contributed by atoms with Crippen molar-refractivity contribution < 1.29 is 14.3 Å². The number of methoxy groups -OCH3 is 1. The molecule has 1 heterocycles. The Balaban J connectivity index is 1.69. The second kappa shape index (κ2) is 8.36. The quantitative estimate of drug-likeness (QED) is 0.670. The molecule has 0 bridgehead atoms. The highest BCUT2D eigenvalue weighted by molar-refractivity contribution is 6.05. The number of para-hydroxylation sites is 2. The molecular weight excluding hydrogens is 340 g/mol. The van der Waals surface area contributed by atoms with Crippen LogP contribution in [-0.4, -0.2) is 18.0 Å². The SMILES string of the molecule is CCc1ccc(C(=O)Nc2ccc(Oc3ccccc3OC)cc2)c(C)n1. The van der Waals surface area contributed by atoms with Crippen molar-refractivity contribution in [1.29, 1.82) is 0 Å². The number of benzene rings is 2. The Morgan fingerprint density at radius 3 is 2.33 bits per heavy atom. The van der Waals surface area contributed by atoms with E-state index in [1.807, 2.05) is 50.2 Å². The molecule has 0 saturated heterocycles. The molecule has 1 amide bonds. The fourth-order valence-electron chi connectivity index (χ4n) is 2.68. The van der Waals surface area contributed by atoms with Crippen LogP contribution in [-0.2, 0) is 6.42 Å². The van der Waals surface area contributed by atoms with Crippen molar-refractivity contribution >= 4 is 11.6 Å². The number of aryl methyl sites for hydroxylation is 2. The molecule has 138 valence electrons. The third kappa shape index (κ3) is 4.44. The van der Waals surface area contributed by atoms with Crippen molar-refractivity contribution in [2.75, 3.05) is 12.4 Å². The van der Waals surface area contributed by atoms with Crippen LogP contribution in [0.1, 0.15) is 28.7 Å². The van der Waals surface area contributed by atoms with Gasteiger partial charge in [-0.25, -0.2) is 0 Å². The summed E-state index contributed by atoms with van der Waals surface area (Å²) in [7, 11) is 1.60. The summed E-state index contributed by atoms with van der Waals surface area (Å²) in [5.41, 5.74) is 2.96. The van der Waals surface area contributed by atoms with E-state index in [1.54, 1.807) is 31.4 Å². The van der Waals surface area contributed by atoms with Crippen LogP contribution in [0, 0.1) is 6.92 Å². The van der Waals surface area contributed by atoms with Gasteiger partial charge >= 0.3 is 0 Å². The summed E-state index contributed by atoms with van der Waals surface area (Å²) in [6.07, 6.45) is 0.844. The Labute approximate surface area is 159 Å². The molecular formula is C22H22N2O3. The van der Waals surface area contributed by atoms with Gasteiger partial charge < -0.3 is 14.8 Å². The topological polar surface area (TPSA) is 60.5 Å². The maximum atomic E-state index is 12.5. The van der Waals surface area contributed by atoms with Gasteiger partial charge in [-0.15, -0.1) is 0 Å². The lowest BCUT2D eigenvalue weighted by Gasteiger charge is -2.11. The average Bonchev–Trinajstić information content (AvgIpc) is 2.69. The summed E-state index contributed by atoms with van der Waals surface area (Å²) in [4.78, 5) is 16.9. The van der Waals surface area contributed by atoms with Crippen molar-refractivity contribution in [3.8, 4) is 17.2 Å². The van der Waals surface area contributed by atoms with Gasteiger partial charge in [-0.1, -0.05) is 19.1 Å². The first kappa shape index (κ1) is 18.5. The van der Waals surface area contributed by atoms with Crippen LogP contribution in [0.4, 0.5) is 5.69 Å². The highest BCUT2D eigenvalue weighted by atomic mass is 16.5. The third-order valence-electron chi connectivity index (χ3n) is 4.16. The summed E-state index contributed by atoms with van der Waals surface area (Å²) in [6.45, 7) is 3.88. The first-order valence-corrected chi connectivity index (χ1v) is 8.79. The molecule has 5 nitrogen and oxygen atoms in total. The Kier molecular flexibility index (Phi) is 5.71. The second-order valence-electron chi connectivity index (χ2n) is 6.02. The van der Waals surface area contributed by atoms with E-state index >= 15 is 0 Å². The molecule has 0 radical (unpaired) electrons. The number of amides is 1. The van der Waals surface area contributed by atoms with Gasteiger partial charge in [0.25, 0.3) is 5.91 Å². The molecule has 27 heavy (non-hydrogen) atoms. The van der Waals surface area contributed by atoms with Gasteiger partial charge in [0, 0.05) is 11.4 Å². The number of nitrogens with zero attached hydrogens (tertiary/aromatic N) is 1. The zero-order valence-electron chi connectivity index (χ0n) is 15.7. The van der Waals surface area contributed by atoms with Gasteiger partial charge in [0.1, 0.15) is 5.75 Å². The van der Waals surface area contributed by atoms with Crippen LogP contribution >= 0.6 is 0 Å². The first-order valence-electron chi connectivity index (χ1n) is 8.79. The lowest BCUT2D eigenvalue weighted by Crippen LogP contribution is -2.14. The number of hydrogen-bond acceptors (Lipinski definition) is 4. The summed E-state index contributed by atoms with van der Waals surface area (Å²) in [6, 6.07) is 18.3. The number of aromatic nitrogens is 1. The van der Waals surface area contributed by atoms with Crippen LogP contribution in [0.25, 0.3) is 0 Å². The van der Waals surface area contributed by atoms with E-state index in [9.17, 15) is 4.79 Å². The van der Waals surface area contributed by atoms with Gasteiger partial charge in [-0.2, -0.15) is 0 Å². The van der Waals surface area contributed by atoms with E-state index in [1.165, 1.54) is 0 Å². The minimum absolute atomic E-state index is 0.180. The molecule has 0 aliphatic heterocycles. The zero-order valence-corrected chi connectivity index (χ0v) is 15.7. The number of nitrogens with one attached hydrogen (secondary N) is 1. The van der Waals surface area contributed by atoms with E-state index in [2.05, 4.69) is 10.3 Å². The molecule has 1 aromatic heterocycles. The van der Waals surface area contributed by atoms with Crippen LogP contribution in [0.3, 0.4) is 0 Å². The lowest BCUT2D eigenvalue weighted by molar-refractivity contribution is 0.102. The van der Waals surface area contributed by atoms with Crippen molar-refractivity contribution in [2.45, 2.75) is 20.3 Å². The summed E-state index contributed by atoms with van der Waals surface area (Å²) in [5, 5.41) is 2.89. The van der Waals surface area contributed by atoms with E-state index in [-0.39, 0.29) is 5.91 Å². The number of rotatable bonds is 6. The number of carbonyl (C=O) groups excluding carboxylic acids is 1. The first-order chi connectivity index (χ1) is 13.1. The fourth-order valence-corrected chi connectivity index (χ4v) is 2.68. The molecule has 0 unspecified atom stereocenters. The number of ether oxygens (including phenoxy) is 2. The van der Waals surface area contributed by atoms with Crippen molar-refractivity contribution in [3.63, 3.8) is 0 Å². The smallest absolute Gasteiger partial charge is 0.257 e. The van der Waals surface area contributed by atoms with Crippen LogP contribution in [0.5, 0.6) is 17.2 Å². The Morgan fingerprint density at radius 2 is 1.70 bits per heavy atom. The zero-order chi connectivity index (χ0) is 19.2. The lowest BCUT2D eigenvalue weighted by atomic mass is 10.1. The van der Waals surface area contributed by atoms with Gasteiger partial charge in [0.15, 0.2) is 11.5 Å². The largest absolute Gasteiger partial charge is 0.493 e. The Morgan fingerprint density at radius 1 is 1.00 bits per heavy atom. The van der Waals surface area contributed by atoms with E-state index in [0.717, 1.165) is 17.8 Å². The predicted octanol–water partition coefficient (Wildman–Crippen LogP) is 5.01. The van der Waals surface area contributed by atoms with E-state index < -0.39 is 0 Å². The van der Waals surface area contributed by atoms with Crippen molar-refractivity contribution in [2.24, 2.45) is 0 Å². The molecule has 0 spiro atoms. The fraction of sp³-hybridized carbons (Fsp3) is 0.182. The van der Waals surface area contributed by atoms with Gasteiger partial charge in [-0.3, -0.25) is 9.78 Å². The average molecular weight is 362 g/mol. The molecule has 0 aliphatic carbocycles. The van der Waals surface area contributed by atoms with Crippen molar-refractivity contribution in [1.82, 2.24) is 4.98 Å². The highest BCUT2D eigenvalue weighted by Crippen LogP contribution is 2.31. The highest BCUT2D eigenvalue weighted by Gasteiger charge is 2.11. The molecule has 0 aliphatic rings. The summed E-state index contributed by atoms with van der Waals surface area (Å²) < 4.78 is 11.1. The molecule has 0 atom stereocenters. The molecule has 0 fully saturated rings. The van der Waals surface area contributed by atoms with Crippen LogP contribution in [0.15, 0.2) is 60.7 Å². The molecule has 3 rings (SSSR count). The van der Waals surface area contributed by atoms with Crippen LogP contribution < -0.4 is 14.8 Å². The molecule has 2 aromatic carbocycles. The van der Waals surface area contributed by atoms with Gasteiger partial charge in [0.05, 0.1) is 18.4 Å². The standard InChI is InChI=1S/C22H22N2O3/c1-4-16-11-14-19(15(2)23-16)22(25)24-17-9-12-18(13-10-17)27-21-8-6-5-7-20(21)26-3/h5-14H,4H2,1-3H3,(H,24,25). The minimum atomic E-state index is -0.180. The monoisotopic (exact) mass is 362 g/mol. The van der Waals surface area contributed by atoms with Crippen molar-refractivity contribution in [3.05, 3.63) is 77.6 Å². The molecule has 5 heteroatoms. The summed E-state index contributed by atoms with van der Waals surface area (Å²) in [5.74, 6) is 1.77. The molecule has 3 aromatic rings. The predicted molar refractivity (Wildman–Crippen MR) is 106 cm³/mol. The van der Waals surface area contributed by atoms with E-state index in [0.29, 0.717) is 28.5 Å². The summed E-state index contributed by atoms with van der Waals surface area (Å²) >= 11 is 0. The number of carbonyl (C=O) groups is 1. The minimum Gasteiger partial charge on any atom is -0.493 e. The number of hydrogen-bond donors (Lipinski definition) is 1. The van der Waals surface area contributed by atoms with E-state index in [4.69, 9.17) is 9.47 Å². The Hall–Kier alpha value is -3.34. The third-order valence-corrected chi connectivity index (χ3v) is 4.16. The maximum absolute atomic E-state index is 12.5. The normalized spacial score (nSPS) is 10.3. The number of pyridine rings is 1. The molecule has 0 saturated carbocycles. The maximum Gasteiger partial charge on any atom is 0.257 e. The Bertz CT molecular complexity index is 937. The molecule has 1 N–H and O–H groups in total. The second-order valence-corrected chi connectivity index (χ2v) is 6.02. The van der Waals surface area contributed by atoms with Gasteiger partial charge in [-0.05, 0) is 61.9 Å². The van der Waals surface area contributed by atoms with Gasteiger partial charge in [0.2, 0.25) is 0 Å². The number of anilines is 1. The van der Waals surface area contributed by atoms with Crippen LogP contribution in [0.2, 0.25) is 0 Å².